The van der Waals surface area contributed by atoms with Crippen LogP contribution < -0.4 is 14.8 Å². The van der Waals surface area contributed by atoms with Gasteiger partial charge in [-0.15, -0.1) is 0 Å². The van der Waals surface area contributed by atoms with Gasteiger partial charge < -0.3 is 19.5 Å². The molecule has 0 radical (unpaired) electrons. The second-order valence-corrected chi connectivity index (χ2v) is 3.71. The van der Waals surface area contributed by atoms with Crippen molar-refractivity contribution in [2.45, 2.75) is 19.8 Å². The average molecular weight is 311 g/mol. The molecule has 0 atom stereocenters. The number of esters is 1. The Hall–Kier alpha value is -2.03. The molecular formula is C12H13F4NO4. The molecule has 21 heavy (non-hydrogen) atoms. The van der Waals surface area contributed by atoms with E-state index in [1.165, 1.54) is 19.2 Å². The van der Waals surface area contributed by atoms with Crippen LogP contribution >= 0.6 is 0 Å². The molecule has 0 aromatic heterocycles. The molecular weight excluding hydrogens is 298 g/mol. The third kappa shape index (κ3) is 6.30. The third-order valence-corrected chi connectivity index (χ3v) is 2.29. The van der Waals surface area contributed by atoms with Crippen molar-refractivity contribution in [3.05, 3.63) is 23.8 Å². The van der Waals surface area contributed by atoms with Gasteiger partial charge in [-0.3, -0.25) is 4.79 Å². The number of hydrogen-bond donors (Lipinski definition) is 1. The Bertz CT molecular complexity index is 471. The summed E-state index contributed by atoms with van der Waals surface area (Å²) in [5.41, 5.74) is 0.251. The number of halogens is 4. The zero-order chi connectivity index (χ0) is 15.8. The number of methoxy groups -OCH3 is 1. The first kappa shape index (κ1) is 17.0. The molecule has 0 saturated carbocycles. The molecule has 0 aliphatic rings. The molecule has 0 unspecified atom stereocenters. The maximum Gasteiger partial charge on any atom is 0.387 e. The monoisotopic (exact) mass is 311 g/mol. The zero-order valence-corrected chi connectivity index (χ0v) is 10.9. The lowest BCUT2D eigenvalue weighted by molar-refractivity contribution is -0.139. The quantitative estimate of drug-likeness (QED) is 0.589. The van der Waals surface area contributed by atoms with E-state index in [0.717, 1.165) is 6.07 Å². The van der Waals surface area contributed by atoms with Crippen LogP contribution in [0.15, 0.2) is 18.2 Å². The van der Waals surface area contributed by atoms with Crippen LogP contribution in [0.3, 0.4) is 0 Å². The Morgan fingerprint density at radius 3 is 2.43 bits per heavy atom. The minimum absolute atomic E-state index is 0.00606. The summed E-state index contributed by atoms with van der Waals surface area (Å²) in [6.07, 6.45) is 0. The van der Waals surface area contributed by atoms with Crippen molar-refractivity contribution in [3.63, 3.8) is 0 Å². The van der Waals surface area contributed by atoms with Gasteiger partial charge in [-0.25, -0.2) is 0 Å². The summed E-state index contributed by atoms with van der Waals surface area (Å²) < 4.78 is 61.5. The minimum atomic E-state index is -3.12. The molecule has 118 valence electrons. The number of carbonyl (C=O) groups excluding carboxylic acids is 1. The summed E-state index contributed by atoms with van der Waals surface area (Å²) in [4.78, 5) is 10.9. The molecule has 9 heteroatoms. The number of benzene rings is 1. The minimum Gasteiger partial charge on any atom is -0.468 e. The van der Waals surface area contributed by atoms with E-state index in [9.17, 15) is 22.4 Å². The van der Waals surface area contributed by atoms with Crippen molar-refractivity contribution in [1.82, 2.24) is 5.32 Å². The van der Waals surface area contributed by atoms with Gasteiger partial charge in [-0.2, -0.15) is 17.6 Å². The first-order valence-corrected chi connectivity index (χ1v) is 5.72. The van der Waals surface area contributed by atoms with Crippen LogP contribution in [0.5, 0.6) is 11.5 Å². The van der Waals surface area contributed by atoms with Crippen molar-refractivity contribution in [3.8, 4) is 11.5 Å². The number of rotatable bonds is 8. The highest BCUT2D eigenvalue weighted by atomic mass is 19.3. The van der Waals surface area contributed by atoms with Gasteiger partial charge in [0.05, 0.1) is 13.7 Å². The van der Waals surface area contributed by atoms with Gasteiger partial charge in [0.25, 0.3) is 0 Å². The van der Waals surface area contributed by atoms with Crippen molar-refractivity contribution < 1.29 is 36.6 Å². The predicted molar refractivity (Wildman–Crippen MR) is 63.4 cm³/mol. The molecule has 0 fully saturated rings. The van der Waals surface area contributed by atoms with Gasteiger partial charge >= 0.3 is 19.2 Å². The van der Waals surface area contributed by atoms with Crippen LogP contribution in [0.25, 0.3) is 0 Å². The highest BCUT2D eigenvalue weighted by Gasteiger charge is 2.13. The lowest BCUT2D eigenvalue weighted by atomic mass is 10.2. The average Bonchev–Trinajstić information content (AvgIpc) is 2.39. The van der Waals surface area contributed by atoms with Gasteiger partial charge in [-0.05, 0) is 6.07 Å². The number of alkyl halides is 4. The predicted octanol–water partition coefficient (Wildman–Crippen LogP) is 2.15. The summed E-state index contributed by atoms with van der Waals surface area (Å²) in [6.45, 7) is -6.33. The summed E-state index contributed by atoms with van der Waals surface area (Å²) in [5, 5.41) is 2.64. The Kier molecular flexibility index (Phi) is 6.73. The van der Waals surface area contributed by atoms with Crippen LogP contribution in [-0.4, -0.2) is 32.8 Å². The molecule has 1 aromatic carbocycles. The van der Waals surface area contributed by atoms with E-state index in [0.29, 0.717) is 0 Å². The van der Waals surface area contributed by atoms with Crippen LogP contribution in [0.4, 0.5) is 17.6 Å². The summed E-state index contributed by atoms with van der Waals surface area (Å²) in [5.74, 6) is -1.16. The van der Waals surface area contributed by atoms with E-state index in [1.807, 2.05) is 0 Å². The highest BCUT2D eigenvalue weighted by molar-refractivity contribution is 5.71. The summed E-state index contributed by atoms with van der Waals surface area (Å²) >= 11 is 0. The fourth-order valence-corrected chi connectivity index (χ4v) is 1.43. The van der Waals surface area contributed by atoms with Gasteiger partial charge in [-0.1, -0.05) is 6.07 Å². The molecule has 0 heterocycles. The van der Waals surface area contributed by atoms with E-state index in [1.54, 1.807) is 0 Å². The zero-order valence-electron chi connectivity index (χ0n) is 10.9. The van der Waals surface area contributed by atoms with E-state index in [4.69, 9.17) is 0 Å². The molecule has 0 spiro atoms. The maximum absolute atomic E-state index is 12.3. The van der Waals surface area contributed by atoms with E-state index in [-0.39, 0.29) is 30.2 Å². The van der Waals surface area contributed by atoms with Crippen LogP contribution in [0.2, 0.25) is 0 Å². The Labute approximate surface area is 117 Å². The smallest absolute Gasteiger partial charge is 0.387 e. The van der Waals surface area contributed by atoms with Gasteiger partial charge in [0.1, 0.15) is 11.5 Å². The number of ether oxygens (including phenoxy) is 3. The van der Waals surface area contributed by atoms with Crippen LogP contribution in [0.1, 0.15) is 5.56 Å². The van der Waals surface area contributed by atoms with Crippen molar-refractivity contribution in [1.29, 1.82) is 0 Å². The Morgan fingerprint density at radius 1 is 1.19 bits per heavy atom. The summed E-state index contributed by atoms with van der Waals surface area (Å²) in [7, 11) is 1.20. The number of nitrogens with one attached hydrogen (secondary N) is 1. The second-order valence-electron chi connectivity index (χ2n) is 3.71. The highest BCUT2D eigenvalue weighted by Crippen LogP contribution is 2.27. The molecule has 0 aliphatic carbocycles. The third-order valence-electron chi connectivity index (χ3n) is 2.29. The fourth-order valence-electron chi connectivity index (χ4n) is 1.43. The molecule has 1 aromatic rings. The molecule has 0 bridgehead atoms. The van der Waals surface area contributed by atoms with Gasteiger partial charge in [0.2, 0.25) is 0 Å². The Morgan fingerprint density at radius 2 is 1.86 bits per heavy atom. The van der Waals surface area contributed by atoms with Gasteiger partial charge in [0, 0.05) is 18.2 Å². The standard InChI is InChI=1S/C12H13F4NO4/c1-19-10(18)6-17-5-7-2-3-8(20-11(13)14)4-9(7)21-12(15)16/h2-4,11-12,17H,5-6H2,1H3. The normalized spacial score (nSPS) is 10.8. The topological polar surface area (TPSA) is 56.8 Å². The van der Waals surface area contributed by atoms with Gasteiger partial charge in [0.15, 0.2) is 0 Å². The van der Waals surface area contributed by atoms with Crippen molar-refractivity contribution in [2.24, 2.45) is 0 Å². The molecule has 5 nitrogen and oxygen atoms in total. The molecule has 0 saturated heterocycles. The largest absolute Gasteiger partial charge is 0.468 e. The lowest BCUT2D eigenvalue weighted by Gasteiger charge is -2.13. The van der Waals surface area contributed by atoms with E-state index < -0.39 is 19.2 Å². The first-order valence-electron chi connectivity index (χ1n) is 5.72. The maximum atomic E-state index is 12.3. The second kappa shape index (κ2) is 8.30. The summed E-state index contributed by atoms with van der Waals surface area (Å²) in [6, 6.07) is 3.38. The van der Waals surface area contributed by atoms with E-state index in [2.05, 4.69) is 19.5 Å². The SMILES string of the molecule is COC(=O)CNCc1ccc(OC(F)F)cc1OC(F)F. The number of carbonyl (C=O) groups is 1. The fraction of sp³-hybridized carbons (Fsp3) is 0.417. The van der Waals surface area contributed by atoms with Crippen LogP contribution in [-0.2, 0) is 16.1 Å². The molecule has 1 rings (SSSR count). The number of hydrogen-bond acceptors (Lipinski definition) is 5. The van der Waals surface area contributed by atoms with E-state index >= 15 is 0 Å². The Balaban J connectivity index is 2.78. The van der Waals surface area contributed by atoms with Crippen LogP contribution in [0, 0.1) is 0 Å². The van der Waals surface area contributed by atoms with Crippen molar-refractivity contribution in [2.75, 3.05) is 13.7 Å². The van der Waals surface area contributed by atoms with Crippen molar-refractivity contribution >= 4 is 5.97 Å². The first-order chi connectivity index (χ1) is 9.92. The molecule has 1 N–H and O–H groups in total. The molecule has 0 aliphatic heterocycles. The lowest BCUT2D eigenvalue weighted by Crippen LogP contribution is -2.23. The molecule has 0 amide bonds.